The van der Waals surface area contributed by atoms with Crippen molar-refractivity contribution in [3.05, 3.63) is 28.5 Å². The summed E-state index contributed by atoms with van der Waals surface area (Å²) in [5.74, 6) is -0.168. The first-order valence-corrected chi connectivity index (χ1v) is 8.29. The SMILES string of the molecule is CN(C)S(=O)(=O)N1CCN(C(=O)c2ccc[nH]c2=S)CC1. The van der Waals surface area contributed by atoms with Gasteiger partial charge in [-0.05, 0) is 12.1 Å². The number of amides is 1. The van der Waals surface area contributed by atoms with Gasteiger partial charge in [0.1, 0.15) is 4.64 Å². The second kappa shape index (κ2) is 6.22. The number of rotatable bonds is 3. The van der Waals surface area contributed by atoms with Crippen LogP contribution in [0.15, 0.2) is 18.3 Å². The third-order valence-corrected chi connectivity index (χ3v) is 5.64. The van der Waals surface area contributed by atoms with Gasteiger partial charge in [0.2, 0.25) is 0 Å². The highest BCUT2D eigenvalue weighted by atomic mass is 32.2. The second-order valence-electron chi connectivity index (χ2n) is 4.89. The Bertz CT molecular complexity index is 676. The Hall–Kier alpha value is -1.29. The van der Waals surface area contributed by atoms with Crippen LogP contribution in [-0.4, -0.2) is 73.1 Å². The standard InChI is InChI=1S/C12H18N4O3S2/c1-14(2)21(18,19)16-8-6-15(7-9-16)12(17)10-4-3-5-13-11(10)20/h3-5H,6-9H2,1-2H3,(H,13,20). The van der Waals surface area contributed by atoms with Gasteiger partial charge in [-0.2, -0.15) is 17.0 Å². The predicted octanol–water partition coefficient (Wildman–Crippen LogP) is 0.308. The van der Waals surface area contributed by atoms with Gasteiger partial charge in [0.15, 0.2) is 0 Å². The van der Waals surface area contributed by atoms with E-state index in [0.29, 0.717) is 23.3 Å². The molecule has 1 saturated heterocycles. The third-order valence-electron chi connectivity index (χ3n) is 3.36. The van der Waals surface area contributed by atoms with E-state index in [-0.39, 0.29) is 19.0 Å². The maximum Gasteiger partial charge on any atom is 0.281 e. The number of nitrogens with one attached hydrogen (secondary N) is 1. The molecular weight excluding hydrogens is 312 g/mol. The van der Waals surface area contributed by atoms with Gasteiger partial charge in [-0.3, -0.25) is 4.79 Å². The molecule has 0 unspecified atom stereocenters. The molecule has 0 radical (unpaired) electrons. The van der Waals surface area contributed by atoms with Crippen LogP contribution in [0.4, 0.5) is 0 Å². The van der Waals surface area contributed by atoms with Crippen LogP contribution < -0.4 is 0 Å². The summed E-state index contributed by atoms with van der Waals surface area (Å²) in [5.41, 5.74) is 0.441. The molecule has 21 heavy (non-hydrogen) atoms. The van der Waals surface area contributed by atoms with Crippen molar-refractivity contribution in [3.8, 4) is 0 Å². The van der Waals surface area contributed by atoms with Crippen molar-refractivity contribution < 1.29 is 13.2 Å². The summed E-state index contributed by atoms with van der Waals surface area (Å²) in [6.07, 6.45) is 1.67. The molecule has 1 N–H and O–H groups in total. The number of aromatic amines is 1. The van der Waals surface area contributed by atoms with E-state index in [1.54, 1.807) is 23.2 Å². The van der Waals surface area contributed by atoms with Crippen LogP contribution in [0.3, 0.4) is 0 Å². The van der Waals surface area contributed by atoms with E-state index >= 15 is 0 Å². The van der Waals surface area contributed by atoms with Gasteiger partial charge in [-0.1, -0.05) is 12.2 Å². The van der Waals surface area contributed by atoms with Crippen molar-refractivity contribution in [1.29, 1.82) is 0 Å². The first kappa shape index (κ1) is 16.1. The summed E-state index contributed by atoms with van der Waals surface area (Å²) in [4.78, 5) is 16.8. The Morgan fingerprint density at radius 3 is 2.43 bits per heavy atom. The summed E-state index contributed by atoms with van der Waals surface area (Å²) >= 11 is 5.10. The van der Waals surface area contributed by atoms with Gasteiger partial charge in [0.05, 0.1) is 5.56 Å². The Balaban J connectivity index is 2.07. The van der Waals surface area contributed by atoms with E-state index in [9.17, 15) is 13.2 Å². The number of piperazine rings is 1. The van der Waals surface area contributed by atoms with Gasteiger partial charge < -0.3 is 9.88 Å². The topological polar surface area (TPSA) is 76.7 Å². The molecule has 1 aliphatic rings. The molecule has 1 aliphatic heterocycles. The molecule has 1 fully saturated rings. The Morgan fingerprint density at radius 1 is 1.29 bits per heavy atom. The normalized spacial score (nSPS) is 17.2. The van der Waals surface area contributed by atoms with Crippen molar-refractivity contribution in [3.63, 3.8) is 0 Å². The van der Waals surface area contributed by atoms with E-state index in [1.165, 1.54) is 22.7 Å². The van der Waals surface area contributed by atoms with Crippen molar-refractivity contribution in [2.75, 3.05) is 40.3 Å². The van der Waals surface area contributed by atoms with Crippen LogP contribution in [0, 0.1) is 4.64 Å². The molecule has 0 spiro atoms. The summed E-state index contributed by atoms with van der Waals surface area (Å²) in [7, 11) is -0.428. The Kier molecular flexibility index (Phi) is 4.77. The van der Waals surface area contributed by atoms with Crippen LogP contribution in [-0.2, 0) is 10.2 Å². The lowest BCUT2D eigenvalue weighted by molar-refractivity contribution is 0.0694. The molecule has 116 valence electrons. The lowest BCUT2D eigenvalue weighted by Gasteiger charge is -2.35. The van der Waals surface area contributed by atoms with Crippen LogP contribution in [0.1, 0.15) is 10.4 Å². The quantitative estimate of drug-likeness (QED) is 0.809. The van der Waals surface area contributed by atoms with E-state index in [1.807, 2.05) is 0 Å². The maximum absolute atomic E-state index is 12.4. The van der Waals surface area contributed by atoms with Gasteiger partial charge in [-0.15, -0.1) is 0 Å². The van der Waals surface area contributed by atoms with Gasteiger partial charge in [0, 0.05) is 46.5 Å². The lowest BCUT2D eigenvalue weighted by atomic mass is 10.2. The minimum absolute atomic E-state index is 0.168. The van der Waals surface area contributed by atoms with Gasteiger partial charge >= 0.3 is 0 Å². The molecule has 9 heteroatoms. The Labute approximate surface area is 129 Å². The number of hydrogen-bond donors (Lipinski definition) is 1. The Morgan fingerprint density at radius 2 is 1.90 bits per heavy atom. The predicted molar refractivity (Wildman–Crippen MR) is 81.7 cm³/mol. The fourth-order valence-corrected chi connectivity index (χ4v) is 3.42. The van der Waals surface area contributed by atoms with Crippen molar-refractivity contribution in [1.82, 2.24) is 18.5 Å². The number of pyridine rings is 1. The molecule has 0 atom stereocenters. The first-order valence-electron chi connectivity index (χ1n) is 6.48. The number of aromatic nitrogens is 1. The highest BCUT2D eigenvalue weighted by Gasteiger charge is 2.30. The third kappa shape index (κ3) is 3.31. The number of carbonyl (C=O) groups excluding carboxylic acids is 1. The summed E-state index contributed by atoms with van der Waals surface area (Å²) in [6, 6.07) is 3.39. The molecule has 1 aromatic rings. The minimum atomic E-state index is -3.42. The average Bonchev–Trinajstić information content (AvgIpc) is 2.47. The second-order valence-corrected chi connectivity index (χ2v) is 7.44. The number of carbonyl (C=O) groups is 1. The molecule has 1 amide bonds. The molecule has 0 bridgehead atoms. The fourth-order valence-electron chi connectivity index (χ4n) is 2.11. The van der Waals surface area contributed by atoms with Crippen molar-refractivity contribution >= 4 is 28.3 Å². The zero-order valence-corrected chi connectivity index (χ0v) is 13.6. The number of H-pyrrole nitrogens is 1. The smallest absolute Gasteiger partial charge is 0.281 e. The zero-order valence-electron chi connectivity index (χ0n) is 11.9. The van der Waals surface area contributed by atoms with Crippen LogP contribution >= 0.6 is 12.2 Å². The average molecular weight is 330 g/mol. The number of nitrogens with zero attached hydrogens (tertiary/aromatic N) is 3. The van der Waals surface area contributed by atoms with E-state index in [4.69, 9.17) is 12.2 Å². The van der Waals surface area contributed by atoms with Crippen LogP contribution in [0.5, 0.6) is 0 Å². The highest BCUT2D eigenvalue weighted by molar-refractivity contribution is 7.86. The van der Waals surface area contributed by atoms with E-state index < -0.39 is 10.2 Å². The molecule has 0 aromatic carbocycles. The fraction of sp³-hybridized carbons (Fsp3) is 0.500. The largest absolute Gasteiger partial charge is 0.352 e. The molecule has 0 saturated carbocycles. The van der Waals surface area contributed by atoms with E-state index in [0.717, 1.165) is 0 Å². The van der Waals surface area contributed by atoms with E-state index in [2.05, 4.69) is 4.98 Å². The van der Waals surface area contributed by atoms with Gasteiger partial charge in [-0.25, -0.2) is 0 Å². The molecular formula is C12H18N4O3S2. The molecule has 0 aliphatic carbocycles. The molecule has 7 nitrogen and oxygen atoms in total. The van der Waals surface area contributed by atoms with Crippen LogP contribution in [0.25, 0.3) is 0 Å². The molecule has 1 aromatic heterocycles. The molecule has 2 rings (SSSR count). The first-order chi connectivity index (χ1) is 9.84. The van der Waals surface area contributed by atoms with Crippen LogP contribution in [0.2, 0.25) is 0 Å². The summed E-state index contributed by atoms with van der Waals surface area (Å²) in [5, 5.41) is 0. The van der Waals surface area contributed by atoms with Gasteiger partial charge in [0.25, 0.3) is 16.1 Å². The zero-order chi connectivity index (χ0) is 15.6. The summed E-state index contributed by atoms with van der Waals surface area (Å²) < 4.78 is 27.0. The monoisotopic (exact) mass is 330 g/mol. The minimum Gasteiger partial charge on any atom is -0.352 e. The van der Waals surface area contributed by atoms with Crippen molar-refractivity contribution in [2.45, 2.75) is 0 Å². The highest BCUT2D eigenvalue weighted by Crippen LogP contribution is 2.12. The van der Waals surface area contributed by atoms with Crippen molar-refractivity contribution in [2.24, 2.45) is 0 Å². The number of hydrogen-bond acceptors (Lipinski definition) is 4. The maximum atomic E-state index is 12.4. The lowest BCUT2D eigenvalue weighted by Crippen LogP contribution is -2.53. The summed E-state index contributed by atoms with van der Waals surface area (Å²) in [6.45, 7) is 1.29. The molecule has 2 heterocycles.